The first-order valence-corrected chi connectivity index (χ1v) is 11.7. The summed E-state index contributed by atoms with van der Waals surface area (Å²) < 4.78 is 6.62. The minimum absolute atomic E-state index is 0.00692. The van der Waals surface area contributed by atoms with Gasteiger partial charge in [-0.25, -0.2) is 4.98 Å². The molecule has 172 valence electrons. The molecule has 0 saturated carbocycles. The van der Waals surface area contributed by atoms with Crippen LogP contribution < -0.4 is 4.90 Å². The molecule has 0 aliphatic carbocycles. The molecule has 2 N–H and O–H groups in total. The van der Waals surface area contributed by atoms with Crippen LogP contribution in [-0.4, -0.2) is 26.9 Å². The maximum absolute atomic E-state index is 13.7. The zero-order chi connectivity index (χ0) is 24.3. The molecule has 7 nitrogen and oxygen atoms in total. The zero-order valence-corrected chi connectivity index (χ0v) is 19.2. The number of carbonyl (C=O) groups excluding carboxylic acids is 2. The maximum atomic E-state index is 13.7. The number of phenols is 1. The van der Waals surface area contributed by atoms with E-state index in [0.29, 0.717) is 21.8 Å². The molecule has 1 amide bonds. The molecule has 2 aromatic heterocycles. The van der Waals surface area contributed by atoms with E-state index >= 15 is 0 Å². The maximum Gasteiger partial charge on any atom is 0.296 e. The number of rotatable bonds is 4. The summed E-state index contributed by atoms with van der Waals surface area (Å²) >= 11 is 1.29. The SMILES string of the molecule is Cc1ccc2nc(N3C(=O)C(O)=C(C(=O)c4cc5ccccc5o4)[C@H]3c3cccc(O)c3)sc2c1. The van der Waals surface area contributed by atoms with Gasteiger partial charge in [-0.2, -0.15) is 0 Å². The van der Waals surface area contributed by atoms with Gasteiger partial charge in [-0.1, -0.05) is 47.7 Å². The van der Waals surface area contributed by atoms with Crippen LogP contribution in [0.15, 0.2) is 88.5 Å². The van der Waals surface area contributed by atoms with E-state index in [1.807, 2.05) is 37.3 Å². The fourth-order valence-corrected chi connectivity index (χ4v) is 5.48. The summed E-state index contributed by atoms with van der Waals surface area (Å²) in [7, 11) is 0. The Labute approximate surface area is 203 Å². The van der Waals surface area contributed by atoms with Crippen LogP contribution in [-0.2, 0) is 4.79 Å². The van der Waals surface area contributed by atoms with Gasteiger partial charge < -0.3 is 14.6 Å². The van der Waals surface area contributed by atoms with Gasteiger partial charge in [-0.05, 0) is 54.4 Å². The molecule has 1 aliphatic rings. The number of ketones is 1. The van der Waals surface area contributed by atoms with Crippen molar-refractivity contribution < 1.29 is 24.2 Å². The van der Waals surface area contributed by atoms with Gasteiger partial charge in [0.1, 0.15) is 11.3 Å². The molecular formula is C27H18N2O5S. The number of para-hydroxylation sites is 1. The normalized spacial score (nSPS) is 16.1. The number of phenolic OH excluding ortho intramolecular Hbond substituents is 1. The van der Waals surface area contributed by atoms with Crippen LogP contribution in [0.4, 0.5) is 5.13 Å². The molecular weight excluding hydrogens is 464 g/mol. The average molecular weight is 483 g/mol. The standard InChI is InChI=1S/C27H18N2O5S/c1-14-9-10-18-21(11-14)35-27(28-18)29-23(16-6-4-7-17(30)12-16)22(25(32)26(29)33)24(31)20-13-15-5-2-3-8-19(15)34-20/h2-13,23,30,32H,1H3/t23-/m1/s1. The number of aryl methyl sites for hydroxylation is 1. The van der Waals surface area contributed by atoms with Crippen LogP contribution in [0.1, 0.15) is 27.7 Å². The number of aliphatic hydroxyl groups excluding tert-OH is 1. The summed E-state index contributed by atoms with van der Waals surface area (Å²) in [5, 5.41) is 22.2. The second-order valence-electron chi connectivity index (χ2n) is 8.38. The summed E-state index contributed by atoms with van der Waals surface area (Å²) in [6, 6.07) is 19.8. The van der Waals surface area contributed by atoms with Crippen molar-refractivity contribution in [1.29, 1.82) is 0 Å². The first-order chi connectivity index (χ1) is 16.9. The smallest absolute Gasteiger partial charge is 0.296 e. The fraction of sp³-hybridized carbons (Fsp3) is 0.0741. The van der Waals surface area contributed by atoms with Gasteiger partial charge in [0, 0.05) is 5.39 Å². The Morgan fingerprint density at radius 2 is 1.86 bits per heavy atom. The number of hydrogen-bond donors (Lipinski definition) is 2. The van der Waals surface area contributed by atoms with E-state index in [0.717, 1.165) is 15.6 Å². The van der Waals surface area contributed by atoms with Crippen molar-refractivity contribution in [2.45, 2.75) is 13.0 Å². The third kappa shape index (κ3) is 3.38. The van der Waals surface area contributed by atoms with Gasteiger partial charge in [0.15, 0.2) is 16.7 Å². The number of thiazole rings is 1. The third-order valence-corrected chi connectivity index (χ3v) is 7.04. The number of amides is 1. The fourth-order valence-electron chi connectivity index (χ4n) is 4.39. The van der Waals surface area contributed by atoms with Crippen molar-refractivity contribution in [3.63, 3.8) is 0 Å². The molecule has 6 rings (SSSR count). The topological polar surface area (TPSA) is 104 Å². The summed E-state index contributed by atoms with van der Waals surface area (Å²) in [5.41, 5.74) is 2.60. The Morgan fingerprint density at radius 1 is 1.03 bits per heavy atom. The molecule has 3 aromatic carbocycles. The van der Waals surface area contributed by atoms with Crippen LogP contribution >= 0.6 is 11.3 Å². The van der Waals surface area contributed by atoms with Crippen molar-refractivity contribution >= 4 is 49.3 Å². The Morgan fingerprint density at radius 3 is 2.66 bits per heavy atom. The molecule has 35 heavy (non-hydrogen) atoms. The Kier molecular flexibility index (Phi) is 4.72. The molecule has 0 spiro atoms. The van der Waals surface area contributed by atoms with E-state index in [1.165, 1.54) is 28.4 Å². The van der Waals surface area contributed by atoms with E-state index in [2.05, 4.69) is 4.98 Å². The van der Waals surface area contributed by atoms with E-state index in [4.69, 9.17) is 4.42 Å². The van der Waals surface area contributed by atoms with Crippen molar-refractivity contribution in [2.24, 2.45) is 0 Å². The number of aromatic nitrogens is 1. The first kappa shape index (κ1) is 21.1. The van der Waals surface area contributed by atoms with E-state index in [1.54, 1.807) is 30.3 Å². The molecule has 0 radical (unpaired) electrons. The lowest BCUT2D eigenvalue weighted by Gasteiger charge is -2.24. The number of aliphatic hydroxyl groups is 1. The lowest BCUT2D eigenvalue weighted by molar-refractivity contribution is -0.117. The van der Waals surface area contributed by atoms with E-state index in [9.17, 15) is 19.8 Å². The van der Waals surface area contributed by atoms with Crippen molar-refractivity contribution in [1.82, 2.24) is 4.98 Å². The molecule has 0 saturated heterocycles. The number of benzene rings is 3. The molecule has 8 heteroatoms. The lowest BCUT2D eigenvalue weighted by Crippen LogP contribution is -2.30. The molecule has 0 unspecified atom stereocenters. The summed E-state index contributed by atoms with van der Waals surface area (Å²) in [4.78, 5) is 33.0. The number of nitrogens with zero attached hydrogens (tertiary/aromatic N) is 2. The predicted octanol–water partition coefficient (Wildman–Crippen LogP) is 5.84. The van der Waals surface area contributed by atoms with E-state index in [-0.39, 0.29) is 17.1 Å². The summed E-state index contributed by atoms with van der Waals surface area (Å²) in [6.07, 6.45) is 0. The lowest BCUT2D eigenvalue weighted by atomic mass is 9.95. The Hall–Kier alpha value is -4.43. The highest BCUT2D eigenvalue weighted by Crippen LogP contribution is 2.45. The highest BCUT2D eigenvalue weighted by Gasteiger charge is 2.46. The van der Waals surface area contributed by atoms with Crippen LogP contribution in [0.3, 0.4) is 0 Å². The second-order valence-corrected chi connectivity index (χ2v) is 9.39. The van der Waals surface area contributed by atoms with Crippen LogP contribution in [0.2, 0.25) is 0 Å². The highest BCUT2D eigenvalue weighted by molar-refractivity contribution is 7.22. The van der Waals surface area contributed by atoms with Gasteiger partial charge in [-0.15, -0.1) is 0 Å². The highest BCUT2D eigenvalue weighted by atomic mass is 32.1. The molecule has 1 aliphatic heterocycles. The largest absolute Gasteiger partial charge is 0.508 e. The number of anilines is 1. The number of hydrogen-bond acceptors (Lipinski definition) is 7. The van der Waals surface area contributed by atoms with Gasteiger partial charge in [-0.3, -0.25) is 14.5 Å². The van der Waals surface area contributed by atoms with Crippen molar-refractivity contribution in [3.8, 4) is 5.75 Å². The number of fused-ring (bicyclic) bond motifs is 2. The average Bonchev–Trinajstić information content (AvgIpc) is 3.52. The number of aromatic hydroxyl groups is 1. The number of furan rings is 1. The minimum atomic E-state index is -1.00. The van der Waals surface area contributed by atoms with Crippen LogP contribution in [0.25, 0.3) is 21.2 Å². The van der Waals surface area contributed by atoms with Gasteiger partial charge in [0.2, 0.25) is 5.78 Å². The molecule has 3 heterocycles. The second kappa shape index (κ2) is 7.82. The van der Waals surface area contributed by atoms with Crippen LogP contribution in [0, 0.1) is 6.92 Å². The van der Waals surface area contributed by atoms with Crippen molar-refractivity contribution in [2.75, 3.05) is 4.90 Å². The number of carbonyl (C=O) groups is 2. The Bertz CT molecular complexity index is 1660. The first-order valence-electron chi connectivity index (χ1n) is 10.9. The predicted molar refractivity (Wildman–Crippen MR) is 133 cm³/mol. The van der Waals surface area contributed by atoms with Crippen molar-refractivity contribution in [3.05, 3.63) is 101 Å². The molecule has 1 atom stereocenters. The Balaban J connectivity index is 1.52. The summed E-state index contributed by atoms with van der Waals surface area (Å²) in [5.74, 6) is -2.04. The van der Waals surface area contributed by atoms with Gasteiger partial charge in [0.05, 0.1) is 21.8 Å². The monoisotopic (exact) mass is 482 g/mol. The quantitative estimate of drug-likeness (QED) is 0.312. The third-order valence-electron chi connectivity index (χ3n) is 6.03. The molecule has 5 aromatic rings. The van der Waals surface area contributed by atoms with Crippen LogP contribution in [0.5, 0.6) is 5.75 Å². The number of Topliss-reactive ketones (excluding diaryl/α,β-unsaturated/α-hetero) is 1. The molecule has 0 bridgehead atoms. The van der Waals surface area contributed by atoms with Gasteiger partial charge >= 0.3 is 0 Å². The van der Waals surface area contributed by atoms with Gasteiger partial charge in [0.25, 0.3) is 5.91 Å². The zero-order valence-electron chi connectivity index (χ0n) is 18.4. The molecule has 0 fully saturated rings. The van der Waals surface area contributed by atoms with E-state index < -0.39 is 23.5 Å². The minimum Gasteiger partial charge on any atom is -0.508 e. The summed E-state index contributed by atoms with van der Waals surface area (Å²) in [6.45, 7) is 1.97.